The number of alkyl halides is 1. The number of rotatable bonds is 2. The summed E-state index contributed by atoms with van der Waals surface area (Å²) in [7, 11) is 0. The molecule has 0 radical (unpaired) electrons. The molecule has 0 spiro atoms. The number of aromatic nitrogens is 3. The van der Waals surface area contributed by atoms with Gasteiger partial charge in [0.2, 0.25) is 0 Å². The van der Waals surface area contributed by atoms with Gasteiger partial charge in [-0.2, -0.15) is 0 Å². The van der Waals surface area contributed by atoms with Gasteiger partial charge < -0.3 is 4.57 Å². The predicted octanol–water partition coefficient (Wildman–Crippen LogP) is 3.78. The molecule has 0 fully saturated rings. The van der Waals surface area contributed by atoms with Gasteiger partial charge in [-0.3, -0.25) is 4.98 Å². The number of pyridine rings is 1. The molecule has 0 atom stereocenters. The molecular formula is C16H14ClN3. The predicted molar refractivity (Wildman–Crippen MR) is 80.8 cm³/mol. The first-order chi connectivity index (χ1) is 9.85. The largest absolute Gasteiger partial charge is 0.328 e. The third kappa shape index (κ3) is 1.81. The van der Waals surface area contributed by atoms with E-state index in [4.69, 9.17) is 11.6 Å². The number of benzene rings is 1. The Morgan fingerprint density at radius 1 is 1.15 bits per heavy atom. The molecule has 1 aliphatic rings. The monoisotopic (exact) mass is 283 g/mol. The summed E-state index contributed by atoms with van der Waals surface area (Å²) in [5, 5.41) is 0. The Morgan fingerprint density at radius 2 is 2.05 bits per heavy atom. The van der Waals surface area contributed by atoms with Crippen LogP contribution in [-0.4, -0.2) is 14.5 Å². The highest BCUT2D eigenvalue weighted by Crippen LogP contribution is 2.27. The first-order valence-corrected chi connectivity index (χ1v) is 7.39. The molecule has 0 N–H and O–H groups in total. The van der Waals surface area contributed by atoms with Crippen molar-refractivity contribution in [1.29, 1.82) is 0 Å². The Balaban J connectivity index is 1.83. The van der Waals surface area contributed by atoms with E-state index < -0.39 is 0 Å². The van der Waals surface area contributed by atoms with Gasteiger partial charge in [-0.15, -0.1) is 11.6 Å². The lowest BCUT2D eigenvalue weighted by molar-refractivity contribution is 0.771. The van der Waals surface area contributed by atoms with Crippen LogP contribution >= 0.6 is 11.6 Å². The smallest absolute Gasteiger partial charge is 0.109 e. The van der Waals surface area contributed by atoms with Crippen LogP contribution in [0.4, 0.5) is 0 Å². The highest BCUT2D eigenvalue weighted by Gasteiger charge is 2.16. The second-order valence-corrected chi connectivity index (χ2v) is 5.43. The van der Waals surface area contributed by atoms with Crippen molar-refractivity contribution < 1.29 is 0 Å². The summed E-state index contributed by atoms with van der Waals surface area (Å²) < 4.78 is 2.33. The van der Waals surface area contributed by atoms with Crippen LogP contribution in [0, 0.1) is 0 Å². The van der Waals surface area contributed by atoms with Gasteiger partial charge in [0.1, 0.15) is 5.82 Å². The maximum Gasteiger partial charge on any atom is 0.109 e. The highest BCUT2D eigenvalue weighted by molar-refractivity contribution is 6.16. The number of hydrogen-bond acceptors (Lipinski definition) is 2. The fourth-order valence-corrected chi connectivity index (χ4v) is 3.02. The molecule has 0 saturated heterocycles. The van der Waals surface area contributed by atoms with Crippen molar-refractivity contribution in [3.05, 3.63) is 48.0 Å². The molecule has 100 valence electrons. The van der Waals surface area contributed by atoms with Crippen LogP contribution in [0.15, 0.2) is 36.5 Å². The van der Waals surface area contributed by atoms with Crippen LogP contribution in [0.5, 0.6) is 0 Å². The molecule has 2 aromatic heterocycles. The van der Waals surface area contributed by atoms with E-state index >= 15 is 0 Å². The second kappa shape index (κ2) is 4.60. The van der Waals surface area contributed by atoms with E-state index in [1.165, 1.54) is 23.3 Å². The zero-order valence-corrected chi connectivity index (χ0v) is 11.8. The summed E-state index contributed by atoms with van der Waals surface area (Å²) in [6.07, 6.45) is 4.19. The molecule has 1 aliphatic heterocycles. The van der Waals surface area contributed by atoms with Crippen molar-refractivity contribution in [2.75, 3.05) is 0 Å². The standard InChI is InChI=1S/C16H14ClN3/c17-9-13-5-3-12(10-18-13)11-4-6-14-15(8-11)20-7-1-2-16(20)19-14/h3-6,8,10H,1-2,7,9H2. The topological polar surface area (TPSA) is 30.7 Å². The molecule has 20 heavy (non-hydrogen) atoms. The minimum atomic E-state index is 0.454. The quantitative estimate of drug-likeness (QED) is 0.670. The first-order valence-electron chi connectivity index (χ1n) is 6.85. The number of aryl methyl sites for hydroxylation is 2. The molecule has 3 nitrogen and oxygen atoms in total. The Hall–Kier alpha value is -1.87. The molecule has 0 aliphatic carbocycles. The van der Waals surface area contributed by atoms with Gasteiger partial charge in [-0.1, -0.05) is 12.1 Å². The van der Waals surface area contributed by atoms with Crippen molar-refractivity contribution in [3.63, 3.8) is 0 Å². The number of nitrogens with zero attached hydrogens (tertiary/aromatic N) is 3. The third-order valence-electron chi connectivity index (χ3n) is 3.90. The van der Waals surface area contributed by atoms with Crippen LogP contribution < -0.4 is 0 Å². The van der Waals surface area contributed by atoms with Gasteiger partial charge >= 0.3 is 0 Å². The van der Waals surface area contributed by atoms with Crippen molar-refractivity contribution in [1.82, 2.24) is 14.5 Å². The van der Waals surface area contributed by atoms with E-state index in [-0.39, 0.29) is 0 Å². The SMILES string of the molecule is ClCc1ccc(-c2ccc3nc4n(c3c2)CCC4)cn1. The maximum atomic E-state index is 5.78. The second-order valence-electron chi connectivity index (χ2n) is 5.16. The van der Waals surface area contributed by atoms with Crippen molar-refractivity contribution in [2.45, 2.75) is 25.3 Å². The van der Waals surface area contributed by atoms with E-state index in [9.17, 15) is 0 Å². The highest BCUT2D eigenvalue weighted by atomic mass is 35.5. The summed E-state index contributed by atoms with van der Waals surface area (Å²) >= 11 is 5.78. The van der Waals surface area contributed by atoms with Crippen LogP contribution in [0.2, 0.25) is 0 Å². The van der Waals surface area contributed by atoms with Crippen LogP contribution in [-0.2, 0) is 18.8 Å². The fraction of sp³-hybridized carbons (Fsp3) is 0.250. The molecule has 0 unspecified atom stereocenters. The zero-order chi connectivity index (χ0) is 13.5. The van der Waals surface area contributed by atoms with Gasteiger partial charge in [-0.25, -0.2) is 4.98 Å². The average molecular weight is 284 g/mol. The van der Waals surface area contributed by atoms with Crippen LogP contribution in [0.3, 0.4) is 0 Å². The molecule has 3 aromatic rings. The minimum absolute atomic E-state index is 0.454. The van der Waals surface area contributed by atoms with Gasteiger partial charge in [-0.05, 0) is 30.2 Å². The van der Waals surface area contributed by atoms with E-state index in [1.807, 2.05) is 12.3 Å². The fourth-order valence-electron chi connectivity index (χ4n) is 2.86. The molecule has 0 amide bonds. The summed E-state index contributed by atoms with van der Waals surface area (Å²) in [5.41, 5.74) is 5.53. The average Bonchev–Trinajstić information content (AvgIpc) is 3.07. The molecular weight excluding hydrogens is 270 g/mol. The molecule has 4 rings (SSSR count). The van der Waals surface area contributed by atoms with Crippen molar-refractivity contribution in [2.24, 2.45) is 0 Å². The van der Waals surface area contributed by atoms with Crippen LogP contribution in [0.1, 0.15) is 17.9 Å². The lowest BCUT2D eigenvalue weighted by atomic mass is 10.1. The van der Waals surface area contributed by atoms with Crippen molar-refractivity contribution in [3.8, 4) is 11.1 Å². The van der Waals surface area contributed by atoms with Gasteiger partial charge in [0.25, 0.3) is 0 Å². The van der Waals surface area contributed by atoms with Gasteiger partial charge in [0, 0.05) is 24.7 Å². The lowest BCUT2D eigenvalue weighted by Crippen LogP contribution is -1.91. The van der Waals surface area contributed by atoms with E-state index in [1.54, 1.807) is 0 Å². The minimum Gasteiger partial charge on any atom is -0.328 e. The molecule has 1 aromatic carbocycles. The van der Waals surface area contributed by atoms with Crippen molar-refractivity contribution >= 4 is 22.6 Å². The number of fused-ring (bicyclic) bond motifs is 3. The van der Waals surface area contributed by atoms with Crippen LogP contribution in [0.25, 0.3) is 22.2 Å². The number of hydrogen-bond donors (Lipinski definition) is 0. The van der Waals surface area contributed by atoms with E-state index in [0.29, 0.717) is 5.88 Å². The summed E-state index contributed by atoms with van der Waals surface area (Å²) in [6.45, 7) is 1.08. The maximum absolute atomic E-state index is 5.78. The molecule has 3 heterocycles. The Kier molecular flexibility index (Phi) is 2.74. The molecule has 0 bridgehead atoms. The number of imidazole rings is 1. The normalized spacial score (nSPS) is 13.8. The number of halogens is 1. The zero-order valence-electron chi connectivity index (χ0n) is 11.0. The lowest BCUT2D eigenvalue weighted by Gasteiger charge is -2.04. The summed E-state index contributed by atoms with van der Waals surface area (Å²) in [6, 6.07) is 10.5. The van der Waals surface area contributed by atoms with Gasteiger partial charge in [0.05, 0.1) is 22.6 Å². The summed E-state index contributed by atoms with van der Waals surface area (Å²) in [5.74, 6) is 1.67. The first kappa shape index (κ1) is 11.9. The van der Waals surface area contributed by atoms with Gasteiger partial charge in [0.15, 0.2) is 0 Å². The third-order valence-corrected chi connectivity index (χ3v) is 4.18. The molecule has 4 heteroatoms. The van der Waals surface area contributed by atoms with E-state index in [0.717, 1.165) is 29.7 Å². The Bertz CT molecular complexity index is 774. The Labute approximate surface area is 122 Å². The molecule has 0 saturated carbocycles. The summed E-state index contributed by atoms with van der Waals surface area (Å²) in [4.78, 5) is 9.04. The van der Waals surface area contributed by atoms with E-state index in [2.05, 4.69) is 38.8 Å². The Morgan fingerprint density at radius 3 is 2.85 bits per heavy atom.